The Hall–Kier alpha value is -0.840. The second kappa shape index (κ2) is 6.55. The standard InChI is InChI=1S/C15H15BrFNS/c1-19-14-4-2-11(3-5-14)15(18)8-10-6-12(16)9-13(17)7-10/h2-7,9,15H,8,18H2,1H3. The van der Waals surface area contributed by atoms with Gasteiger partial charge in [-0.05, 0) is 54.1 Å². The molecular formula is C15H15BrFNS. The van der Waals surface area contributed by atoms with Crippen LogP contribution in [0, 0.1) is 5.82 Å². The monoisotopic (exact) mass is 339 g/mol. The van der Waals surface area contributed by atoms with Crippen molar-refractivity contribution in [2.24, 2.45) is 5.73 Å². The van der Waals surface area contributed by atoms with E-state index in [-0.39, 0.29) is 11.9 Å². The van der Waals surface area contributed by atoms with E-state index in [1.165, 1.54) is 17.0 Å². The summed E-state index contributed by atoms with van der Waals surface area (Å²) in [4.78, 5) is 1.21. The van der Waals surface area contributed by atoms with Crippen LogP contribution in [0.1, 0.15) is 17.2 Å². The number of thioether (sulfide) groups is 1. The molecule has 4 heteroatoms. The Morgan fingerprint density at radius 3 is 2.47 bits per heavy atom. The molecule has 0 radical (unpaired) electrons. The van der Waals surface area contributed by atoms with Gasteiger partial charge in [-0.25, -0.2) is 4.39 Å². The number of rotatable bonds is 4. The normalized spacial score (nSPS) is 12.4. The van der Waals surface area contributed by atoms with Crippen molar-refractivity contribution in [3.8, 4) is 0 Å². The number of nitrogens with two attached hydrogens (primary N) is 1. The maximum Gasteiger partial charge on any atom is 0.124 e. The van der Waals surface area contributed by atoms with Crippen molar-refractivity contribution in [3.63, 3.8) is 0 Å². The van der Waals surface area contributed by atoms with Crippen LogP contribution in [-0.4, -0.2) is 6.26 Å². The molecule has 2 aromatic carbocycles. The Morgan fingerprint density at radius 1 is 1.21 bits per heavy atom. The fraction of sp³-hybridized carbons (Fsp3) is 0.200. The van der Waals surface area contributed by atoms with Crippen LogP contribution in [0.5, 0.6) is 0 Å². The second-order valence-corrected chi connectivity index (χ2v) is 6.16. The van der Waals surface area contributed by atoms with E-state index < -0.39 is 0 Å². The van der Waals surface area contributed by atoms with Gasteiger partial charge >= 0.3 is 0 Å². The van der Waals surface area contributed by atoms with Gasteiger partial charge in [-0.1, -0.05) is 28.1 Å². The molecule has 0 aliphatic carbocycles. The summed E-state index contributed by atoms with van der Waals surface area (Å²) in [5.41, 5.74) is 8.14. The highest BCUT2D eigenvalue weighted by atomic mass is 79.9. The predicted octanol–water partition coefficient (Wildman–Crippen LogP) is 4.55. The number of halogens is 2. The first kappa shape index (κ1) is 14.6. The zero-order valence-corrected chi connectivity index (χ0v) is 13.0. The molecule has 2 aromatic rings. The first-order chi connectivity index (χ1) is 9.08. The molecule has 1 unspecified atom stereocenters. The fourth-order valence-electron chi connectivity index (χ4n) is 1.95. The molecule has 0 heterocycles. The van der Waals surface area contributed by atoms with Crippen molar-refractivity contribution in [3.05, 3.63) is 63.9 Å². The van der Waals surface area contributed by atoms with Crippen LogP contribution in [0.15, 0.2) is 51.8 Å². The lowest BCUT2D eigenvalue weighted by Gasteiger charge is -2.13. The minimum atomic E-state index is -0.241. The number of hydrogen-bond donors (Lipinski definition) is 1. The van der Waals surface area contributed by atoms with E-state index in [4.69, 9.17) is 5.73 Å². The molecular weight excluding hydrogens is 325 g/mol. The lowest BCUT2D eigenvalue weighted by molar-refractivity contribution is 0.621. The Morgan fingerprint density at radius 2 is 1.89 bits per heavy atom. The fourth-order valence-corrected chi connectivity index (χ4v) is 2.87. The zero-order valence-electron chi connectivity index (χ0n) is 10.6. The molecule has 0 amide bonds. The summed E-state index contributed by atoms with van der Waals surface area (Å²) in [5, 5.41) is 0. The Labute approximate surface area is 125 Å². The average molecular weight is 340 g/mol. The van der Waals surface area contributed by atoms with Crippen molar-refractivity contribution in [1.29, 1.82) is 0 Å². The van der Waals surface area contributed by atoms with Gasteiger partial charge in [-0.3, -0.25) is 0 Å². The molecule has 2 N–H and O–H groups in total. The average Bonchev–Trinajstić information content (AvgIpc) is 2.37. The van der Waals surface area contributed by atoms with Gasteiger partial charge in [0.15, 0.2) is 0 Å². The molecule has 2 rings (SSSR count). The lowest BCUT2D eigenvalue weighted by atomic mass is 10.00. The van der Waals surface area contributed by atoms with E-state index in [0.717, 1.165) is 15.6 Å². The van der Waals surface area contributed by atoms with Crippen molar-refractivity contribution in [2.45, 2.75) is 17.4 Å². The van der Waals surface area contributed by atoms with Crippen LogP contribution in [0.4, 0.5) is 4.39 Å². The molecule has 1 atom stereocenters. The summed E-state index contributed by atoms with van der Waals surface area (Å²) < 4.78 is 14.0. The van der Waals surface area contributed by atoms with Crippen molar-refractivity contribution in [1.82, 2.24) is 0 Å². The van der Waals surface area contributed by atoms with Crippen LogP contribution in [0.3, 0.4) is 0 Å². The quantitative estimate of drug-likeness (QED) is 0.826. The maximum absolute atomic E-state index is 13.3. The molecule has 0 saturated heterocycles. The highest BCUT2D eigenvalue weighted by Crippen LogP contribution is 2.22. The van der Waals surface area contributed by atoms with E-state index in [0.29, 0.717) is 6.42 Å². The van der Waals surface area contributed by atoms with E-state index in [9.17, 15) is 4.39 Å². The molecule has 0 aromatic heterocycles. The first-order valence-corrected chi connectivity index (χ1v) is 7.95. The minimum Gasteiger partial charge on any atom is -0.324 e. The topological polar surface area (TPSA) is 26.0 Å². The minimum absolute atomic E-state index is 0.121. The third kappa shape index (κ3) is 4.06. The summed E-state index contributed by atoms with van der Waals surface area (Å²) in [6, 6.07) is 12.9. The van der Waals surface area contributed by atoms with Gasteiger partial charge in [0.05, 0.1) is 0 Å². The molecule has 0 saturated carbocycles. The summed E-state index contributed by atoms with van der Waals surface area (Å²) in [7, 11) is 0. The number of benzene rings is 2. The van der Waals surface area contributed by atoms with Gasteiger partial charge in [-0.2, -0.15) is 0 Å². The van der Waals surface area contributed by atoms with Crippen LogP contribution in [0.2, 0.25) is 0 Å². The van der Waals surface area contributed by atoms with Crippen LogP contribution in [-0.2, 0) is 6.42 Å². The van der Waals surface area contributed by atoms with E-state index >= 15 is 0 Å². The third-order valence-corrected chi connectivity index (χ3v) is 4.12. The Kier molecular flexibility index (Phi) is 5.02. The Bertz CT molecular complexity index is 536. The zero-order chi connectivity index (χ0) is 13.8. The van der Waals surface area contributed by atoms with Crippen LogP contribution >= 0.6 is 27.7 Å². The summed E-state index contributed by atoms with van der Waals surface area (Å²) >= 11 is 4.99. The molecule has 1 nitrogen and oxygen atoms in total. The van der Waals surface area contributed by atoms with Crippen LogP contribution in [0.25, 0.3) is 0 Å². The molecule has 0 aliphatic rings. The SMILES string of the molecule is CSc1ccc(C(N)Cc2cc(F)cc(Br)c2)cc1. The molecule has 0 spiro atoms. The van der Waals surface area contributed by atoms with Crippen LogP contribution < -0.4 is 5.73 Å². The molecule has 19 heavy (non-hydrogen) atoms. The molecule has 0 aliphatic heterocycles. The van der Waals surface area contributed by atoms with Crippen molar-refractivity contribution < 1.29 is 4.39 Å². The predicted molar refractivity (Wildman–Crippen MR) is 83.0 cm³/mol. The van der Waals surface area contributed by atoms with E-state index in [2.05, 4.69) is 28.1 Å². The van der Waals surface area contributed by atoms with Crippen molar-refractivity contribution in [2.75, 3.05) is 6.26 Å². The second-order valence-electron chi connectivity index (χ2n) is 4.36. The lowest BCUT2D eigenvalue weighted by Crippen LogP contribution is -2.13. The maximum atomic E-state index is 13.3. The highest BCUT2D eigenvalue weighted by molar-refractivity contribution is 9.10. The first-order valence-electron chi connectivity index (χ1n) is 5.93. The third-order valence-electron chi connectivity index (χ3n) is 2.92. The largest absolute Gasteiger partial charge is 0.324 e. The van der Waals surface area contributed by atoms with Gasteiger partial charge in [0.25, 0.3) is 0 Å². The van der Waals surface area contributed by atoms with Crippen molar-refractivity contribution >= 4 is 27.7 Å². The van der Waals surface area contributed by atoms with Gasteiger partial charge in [0.1, 0.15) is 5.82 Å². The van der Waals surface area contributed by atoms with E-state index in [1.807, 2.05) is 24.5 Å². The van der Waals surface area contributed by atoms with Gasteiger partial charge in [-0.15, -0.1) is 11.8 Å². The van der Waals surface area contributed by atoms with Gasteiger partial charge in [0.2, 0.25) is 0 Å². The summed E-state index contributed by atoms with van der Waals surface area (Å²) in [6.45, 7) is 0. The van der Waals surface area contributed by atoms with Gasteiger partial charge < -0.3 is 5.73 Å². The summed E-state index contributed by atoms with van der Waals surface area (Å²) in [6.07, 6.45) is 2.66. The van der Waals surface area contributed by atoms with Gasteiger partial charge in [0, 0.05) is 15.4 Å². The number of hydrogen-bond acceptors (Lipinski definition) is 2. The molecule has 0 bridgehead atoms. The van der Waals surface area contributed by atoms with E-state index in [1.54, 1.807) is 11.8 Å². The molecule has 100 valence electrons. The Balaban J connectivity index is 2.13. The smallest absolute Gasteiger partial charge is 0.124 e. The molecule has 0 fully saturated rings. The summed E-state index contributed by atoms with van der Waals surface area (Å²) in [5.74, 6) is -0.241. The highest BCUT2D eigenvalue weighted by Gasteiger charge is 2.08.